The Balaban J connectivity index is 2.05. The number of nitrogens with zero attached hydrogens (tertiary/aromatic N) is 3. The van der Waals surface area contributed by atoms with E-state index < -0.39 is 18.8 Å². The molecule has 0 radical (unpaired) electrons. The minimum absolute atomic E-state index is 0.129. The van der Waals surface area contributed by atoms with Gasteiger partial charge in [-0.3, -0.25) is 9.69 Å². The summed E-state index contributed by atoms with van der Waals surface area (Å²) in [4.78, 5) is 18.2. The fourth-order valence-corrected chi connectivity index (χ4v) is 2.63. The molecule has 2 aromatic rings. The van der Waals surface area contributed by atoms with Crippen LogP contribution >= 0.6 is 0 Å². The molecule has 1 unspecified atom stereocenters. The van der Waals surface area contributed by atoms with Gasteiger partial charge in [0.1, 0.15) is 12.4 Å². The van der Waals surface area contributed by atoms with Crippen molar-refractivity contribution in [3.05, 3.63) is 47.5 Å². The fourth-order valence-electron chi connectivity index (χ4n) is 2.63. The number of benzene rings is 1. The van der Waals surface area contributed by atoms with E-state index in [0.29, 0.717) is 0 Å². The maximum Gasteiger partial charge on any atom is 0.406 e. The van der Waals surface area contributed by atoms with E-state index in [4.69, 9.17) is 0 Å². The van der Waals surface area contributed by atoms with Crippen LogP contribution in [0.25, 0.3) is 0 Å². The first kappa shape index (κ1) is 20.0. The SMILES string of the molecule is Cc1cccc(C)c1NC(=O)C(C)N(C)Cc1nccn1CC(F)(F)F. The van der Waals surface area contributed by atoms with Crippen molar-refractivity contribution < 1.29 is 18.0 Å². The van der Waals surface area contributed by atoms with E-state index in [1.54, 1.807) is 18.9 Å². The second kappa shape index (κ2) is 7.90. The predicted molar refractivity (Wildman–Crippen MR) is 93.8 cm³/mol. The molecule has 1 aromatic carbocycles. The normalized spacial score (nSPS) is 13.1. The molecular weight excluding hydrogens is 345 g/mol. The van der Waals surface area contributed by atoms with Gasteiger partial charge in [-0.1, -0.05) is 18.2 Å². The number of aryl methyl sites for hydroxylation is 2. The largest absolute Gasteiger partial charge is 0.406 e. The maximum absolute atomic E-state index is 12.6. The lowest BCUT2D eigenvalue weighted by Crippen LogP contribution is -2.40. The van der Waals surface area contributed by atoms with Crippen LogP contribution in [0, 0.1) is 13.8 Å². The van der Waals surface area contributed by atoms with Crippen molar-refractivity contribution in [1.82, 2.24) is 14.5 Å². The Morgan fingerprint density at radius 2 is 1.92 bits per heavy atom. The van der Waals surface area contributed by atoms with Gasteiger partial charge in [-0.05, 0) is 38.9 Å². The van der Waals surface area contributed by atoms with Gasteiger partial charge in [0, 0.05) is 18.1 Å². The van der Waals surface area contributed by atoms with Gasteiger partial charge < -0.3 is 9.88 Å². The van der Waals surface area contributed by atoms with E-state index in [1.165, 1.54) is 12.4 Å². The van der Waals surface area contributed by atoms with Gasteiger partial charge in [-0.15, -0.1) is 0 Å². The summed E-state index contributed by atoms with van der Waals surface area (Å²) in [7, 11) is 1.68. The van der Waals surface area contributed by atoms with Crippen molar-refractivity contribution in [2.45, 2.75) is 46.1 Å². The summed E-state index contributed by atoms with van der Waals surface area (Å²) in [6, 6.07) is 5.19. The molecule has 0 saturated carbocycles. The number of hydrogen-bond acceptors (Lipinski definition) is 3. The third-order valence-corrected chi connectivity index (χ3v) is 4.31. The number of halogens is 3. The molecule has 0 aliphatic rings. The molecule has 0 aliphatic carbocycles. The van der Waals surface area contributed by atoms with E-state index in [1.807, 2.05) is 32.0 Å². The third kappa shape index (κ3) is 5.08. The zero-order valence-electron chi connectivity index (χ0n) is 15.3. The molecule has 1 atom stereocenters. The Labute approximate surface area is 150 Å². The van der Waals surface area contributed by atoms with Gasteiger partial charge in [-0.25, -0.2) is 4.98 Å². The number of rotatable bonds is 6. The van der Waals surface area contributed by atoms with Gasteiger partial charge in [-0.2, -0.15) is 13.2 Å². The average molecular weight is 368 g/mol. The average Bonchev–Trinajstić information content (AvgIpc) is 2.95. The number of likely N-dealkylation sites (N-methyl/N-ethyl adjacent to an activating group) is 1. The molecule has 5 nitrogen and oxygen atoms in total. The number of carbonyl (C=O) groups excluding carboxylic acids is 1. The number of amides is 1. The quantitative estimate of drug-likeness (QED) is 0.849. The Morgan fingerprint density at radius 3 is 2.50 bits per heavy atom. The summed E-state index contributed by atoms with van der Waals surface area (Å²) >= 11 is 0. The highest BCUT2D eigenvalue weighted by Gasteiger charge is 2.29. The van der Waals surface area contributed by atoms with E-state index in [9.17, 15) is 18.0 Å². The Hall–Kier alpha value is -2.35. The second-order valence-corrected chi connectivity index (χ2v) is 6.43. The summed E-state index contributed by atoms with van der Waals surface area (Å²) in [5.74, 6) is 0.0374. The standard InChI is InChI=1S/C18H23F3N4O/c1-12-6-5-7-13(2)16(12)23-17(26)14(3)24(4)10-15-22-8-9-25(15)11-18(19,20)21/h5-9,14H,10-11H2,1-4H3,(H,23,26). The van der Waals surface area contributed by atoms with Crippen molar-refractivity contribution >= 4 is 11.6 Å². The zero-order chi connectivity index (χ0) is 19.5. The summed E-state index contributed by atoms with van der Waals surface area (Å²) in [5, 5.41) is 2.90. The van der Waals surface area contributed by atoms with Gasteiger partial charge in [0.05, 0.1) is 12.6 Å². The lowest BCUT2D eigenvalue weighted by atomic mass is 10.1. The van der Waals surface area contributed by atoms with Gasteiger partial charge in [0.2, 0.25) is 5.91 Å². The van der Waals surface area contributed by atoms with Crippen molar-refractivity contribution in [1.29, 1.82) is 0 Å². The van der Waals surface area contributed by atoms with Crippen LogP contribution in [0.1, 0.15) is 23.9 Å². The number of imidazole rings is 1. The highest BCUT2D eigenvalue weighted by Crippen LogP contribution is 2.21. The van der Waals surface area contributed by atoms with E-state index in [-0.39, 0.29) is 18.3 Å². The van der Waals surface area contributed by atoms with Crippen LogP contribution < -0.4 is 5.32 Å². The molecular formula is C18H23F3N4O. The van der Waals surface area contributed by atoms with Gasteiger partial charge in [0.25, 0.3) is 0 Å². The molecule has 1 heterocycles. The van der Waals surface area contributed by atoms with Gasteiger partial charge >= 0.3 is 6.18 Å². The summed E-state index contributed by atoms with van der Waals surface area (Å²) < 4.78 is 38.9. The molecule has 26 heavy (non-hydrogen) atoms. The molecule has 1 aromatic heterocycles. The number of hydrogen-bond donors (Lipinski definition) is 1. The summed E-state index contributed by atoms with van der Waals surface area (Å²) in [6.45, 7) is 4.55. The van der Waals surface area contributed by atoms with Crippen molar-refractivity contribution in [3.63, 3.8) is 0 Å². The number of alkyl halides is 3. The van der Waals surface area contributed by atoms with Crippen LogP contribution in [0.4, 0.5) is 18.9 Å². The minimum Gasteiger partial charge on any atom is -0.325 e. The Morgan fingerprint density at radius 1 is 1.31 bits per heavy atom. The van der Waals surface area contributed by atoms with E-state index in [2.05, 4.69) is 10.3 Å². The smallest absolute Gasteiger partial charge is 0.325 e. The number of anilines is 1. The number of para-hydroxylation sites is 1. The molecule has 0 saturated heterocycles. The van der Waals surface area contributed by atoms with Crippen LogP contribution in [-0.2, 0) is 17.9 Å². The first-order valence-corrected chi connectivity index (χ1v) is 8.22. The topological polar surface area (TPSA) is 50.2 Å². The van der Waals surface area contributed by atoms with Crippen molar-refractivity contribution in [3.8, 4) is 0 Å². The molecule has 2 rings (SSSR count). The number of nitrogens with one attached hydrogen (secondary N) is 1. The van der Waals surface area contributed by atoms with Crippen molar-refractivity contribution in [2.75, 3.05) is 12.4 Å². The molecule has 1 N–H and O–H groups in total. The first-order valence-electron chi connectivity index (χ1n) is 8.22. The van der Waals surface area contributed by atoms with Crippen LogP contribution in [0.3, 0.4) is 0 Å². The summed E-state index contributed by atoms with van der Waals surface area (Å²) in [6.07, 6.45) is -1.70. The zero-order valence-corrected chi connectivity index (χ0v) is 15.3. The van der Waals surface area contributed by atoms with Crippen LogP contribution in [-0.4, -0.2) is 39.6 Å². The molecule has 8 heteroatoms. The minimum atomic E-state index is -4.32. The van der Waals surface area contributed by atoms with Crippen LogP contribution in [0.15, 0.2) is 30.6 Å². The third-order valence-electron chi connectivity index (χ3n) is 4.31. The Kier molecular flexibility index (Phi) is 6.07. The van der Waals surface area contributed by atoms with E-state index in [0.717, 1.165) is 21.4 Å². The fraction of sp³-hybridized carbons (Fsp3) is 0.444. The van der Waals surface area contributed by atoms with E-state index >= 15 is 0 Å². The lowest BCUT2D eigenvalue weighted by molar-refractivity contribution is -0.141. The number of carbonyl (C=O) groups is 1. The molecule has 0 aliphatic heterocycles. The second-order valence-electron chi connectivity index (χ2n) is 6.43. The first-order chi connectivity index (χ1) is 12.1. The van der Waals surface area contributed by atoms with Gasteiger partial charge in [0.15, 0.2) is 0 Å². The van der Waals surface area contributed by atoms with Crippen LogP contribution in [0.5, 0.6) is 0 Å². The molecule has 0 spiro atoms. The Bertz CT molecular complexity index is 750. The monoisotopic (exact) mass is 368 g/mol. The lowest BCUT2D eigenvalue weighted by Gasteiger charge is -2.25. The molecule has 0 fully saturated rings. The number of aromatic nitrogens is 2. The summed E-state index contributed by atoms with van der Waals surface area (Å²) in [5.41, 5.74) is 2.67. The predicted octanol–water partition coefficient (Wildman–Crippen LogP) is 3.52. The molecule has 142 valence electrons. The molecule has 1 amide bonds. The molecule has 0 bridgehead atoms. The van der Waals surface area contributed by atoms with Crippen LogP contribution in [0.2, 0.25) is 0 Å². The van der Waals surface area contributed by atoms with Crippen molar-refractivity contribution in [2.24, 2.45) is 0 Å². The highest BCUT2D eigenvalue weighted by atomic mass is 19.4. The highest BCUT2D eigenvalue weighted by molar-refractivity contribution is 5.95. The maximum atomic E-state index is 12.6.